The molecule has 0 aromatic carbocycles. The number of nitrogens with zero attached hydrogens (tertiary/aromatic N) is 2. The van der Waals surface area contributed by atoms with Crippen LogP contribution < -0.4 is 10.6 Å². The number of aromatic nitrogens is 2. The molecule has 1 aromatic rings. The van der Waals surface area contributed by atoms with E-state index in [1.807, 2.05) is 14.0 Å². The maximum Gasteiger partial charge on any atom is 0.255 e. The molecular formula is C13H22N4O. The summed E-state index contributed by atoms with van der Waals surface area (Å²) in [6, 6.07) is 0.241. The van der Waals surface area contributed by atoms with Crippen LogP contribution in [0.2, 0.25) is 0 Å². The lowest BCUT2D eigenvalue weighted by Gasteiger charge is -2.16. The highest BCUT2D eigenvalue weighted by Gasteiger charge is 2.19. The van der Waals surface area contributed by atoms with E-state index in [-0.39, 0.29) is 11.9 Å². The van der Waals surface area contributed by atoms with E-state index in [9.17, 15) is 4.79 Å². The van der Waals surface area contributed by atoms with Crippen molar-refractivity contribution in [1.82, 2.24) is 20.4 Å². The zero-order valence-corrected chi connectivity index (χ0v) is 11.2. The van der Waals surface area contributed by atoms with Crippen molar-refractivity contribution in [3.8, 4) is 0 Å². The van der Waals surface area contributed by atoms with Gasteiger partial charge in [-0.2, -0.15) is 5.10 Å². The highest BCUT2D eigenvalue weighted by Crippen LogP contribution is 2.09. The van der Waals surface area contributed by atoms with Gasteiger partial charge in [0.1, 0.15) is 0 Å². The standard InChI is InChI=1S/C13H22N4O/c1-3-12-11(9-17(2)16-12)13(18)15-10-6-4-5-7-14-8-10/h9-10,14H,3-8H2,1-2H3,(H,15,18). The van der Waals surface area contributed by atoms with Gasteiger partial charge in [-0.1, -0.05) is 13.3 Å². The quantitative estimate of drug-likeness (QED) is 0.836. The molecule has 2 N–H and O–H groups in total. The summed E-state index contributed by atoms with van der Waals surface area (Å²) in [5.41, 5.74) is 1.58. The molecule has 100 valence electrons. The van der Waals surface area contributed by atoms with E-state index in [1.54, 1.807) is 10.9 Å². The van der Waals surface area contributed by atoms with Crippen LogP contribution in [0.4, 0.5) is 0 Å². The third-order valence-corrected chi connectivity index (χ3v) is 3.37. The normalized spacial score (nSPS) is 20.4. The molecule has 1 atom stereocenters. The van der Waals surface area contributed by atoms with E-state index in [4.69, 9.17) is 0 Å². The number of hydrogen-bond acceptors (Lipinski definition) is 3. The molecule has 1 aromatic heterocycles. The lowest BCUT2D eigenvalue weighted by atomic mass is 10.1. The maximum atomic E-state index is 12.2. The minimum atomic E-state index is 0.00801. The number of carbonyl (C=O) groups is 1. The van der Waals surface area contributed by atoms with Crippen molar-refractivity contribution < 1.29 is 4.79 Å². The second-order valence-corrected chi connectivity index (χ2v) is 4.89. The molecule has 5 nitrogen and oxygen atoms in total. The Morgan fingerprint density at radius 3 is 3.22 bits per heavy atom. The Kier molecular flexibility index (Phi) is 4.36. The van der Waals surface area contributed by atoms with Crippen LogP contribution in [0.25, 0.3) is 0 Å². The topological polar surface area (TPSA) is 59.0 Å². The van der Waals surface area contributed by atoms with Crippen molar-refractivity contribution in [3.05, 3.63) is 17.5 Å². The van der Waals surface area contributed by atoms with Gasteiger partial charge < -0.3 is 10.6 Å². The van der Waals surface area contributed by atoms with Gasteiger partial charge in [-0.3, -0.25) is 9.48 Å². The van der Waals surface area contributed by atoms with Gasteiger partial charge in [-0.15, -0.1) is 0 Å². The fourth-order valence-electron chi connectivity index (χ4n) is 2.39. The molecule has 2 heterocycles. The average Bonchev–Trinajstić information content (AvgIpc) is 2.57. The number of nitrogens with one attached hydrogen (secondary N) is 2. The van der Waals surface area contributed by atoms with Gasteiger partial charge in [0, 0.05) is 25.8 Å². The van der Waals surface area contributed by atoms with Crippen LogP contribution in [0.15, 0.2) is 6.20 Å². The van der Waals surface area contributed by atoms with E-state index < -0.39 is 0 Å². The van der Waals surface area contributed by atoms with E-state index in [2.05, 4.69) is 15.7 Å². The predicted molar refractivity (Wildman–Crippen MR) is 70.6 cm³/mol. The summed E-state index contributed by atoms with van der Waals surface area (Å²) in [4.78, 5) is 12.2. The van der Waals surface area contributed by atoms with Gasteiger partial charge in [0.15, 0.2) is 0 Å². The van der Waals surface area contributed by atoms with Crippen LogP contribution >= 0.6 is 0 Å². The van der Waals surface area contributed by atoms with Crippen molar-refractivity contribution in [3.63, 3.8) is 0 Å². The Morgan fingerprint density at radius 1 is 1.61 bits per heavy atom. The Labute approximate surface area is 108 Å². The number of aryl methyl sites for hydroxylation is 2. The summed E-state index contributed by atoms with van der Waals surface area (Å²) >= 11 is 0. The van der Waals surface area contributed by atoms with Gasteiger partial charge in [0.2, 0.25) is 0 Å². The third-order valence-electron chi connectivity index (χ3n) is 3.37. The first-order chi connectivity index (χ1) is 8.70. The fourth-order valence-corrected chi connectivity index (χ4v) is 2.39. The van der Waals surface area contributed by atoms with Gasteiger partial charge >= 0.3 is 0 Å². The molecule has 0 saturated carbocycles. The van der Waals surface area contributed by atoms with E-state index in [1.165, 1.54) is 12.8 Å². The molecule has 1 unspecified atom stereocenters. The molecule has 0 radical (unpaired) electrons. The van der Waals surface area contributed by atoms with Crippen LogP contribution in [0, 0.1) is 0 Å². The van der Waals surface area contributed by atoms with Crippen molar-refractivity contribution in [1.29, 1.82) is 0 Å². The molecule has 0 bridgehead atoms. The Bertz CT molecular complexity index is 405. The molecule has 0 spiro atoms. The number of rotatable bonds is 3. The first kappa shape index (κ1) is 13.1. The van der Waals surface area contributed by atoms with Crippen molar-refractivity contribution in [2.45, 2.75) is 38.6 Å². The number of hydrogen-bond donors (Lipinski definition) is 2. The van der Waals surface area contributed by atoms with Crippen molar-refractivity contribution in [2.75, 3.05) is 13.1 Å². The molecule has 5 heteroatoms. The van der Waals surface area contributed by atoms with Gasteiger partial charge in [0.25, 0.3) is 5.91 Å². The minimum Gasteiger partial charge on any atom is -0.348 e. The van der Waals surface area contributed by atoms with Crippen LogP contribution in [0.1, 0.15) is 42.2 Å². The van der Waals surface area contributed by atoms with Crippen LogP contribution in [-0.2, 0) is 13.5 Å². The summed E-state index contributed by atoms with van der Waals surface area (Å²) < 4.78 is 1.71. The molecule has 1 saturated heterocycles. The van der Waals surface area contributed by atoms with Crippen molar-refractivity contribution >= 4 is 5.91 Å². The van der Waals surface area contributed by atoms with Gasteiger partial charge in [-0.05, 0) is 25.8 Å². The van der Waals surface area contributed by atoms with E-state index in [0.29, 0.717) is 5.56 Å². The molecule has 1 aliphatic rings. The smallest absolute Gasteiger partial charge is 0.255 e. The summed E-state index contributed by atoms with van der Waals surface area (Å²) in [6.07, 6.45) is 6.01. The summed E-state index contributed by atoms with van der Waals surface area (Å²) in [7, 11) is 1.85. The zero-order chi connectivity index (χ0) is 13.0. The van der Waals surface area contributed by atoms with Crippen LogP contribution in [0.3, 0.4) is 0 Å². The SMILES string of the molecule is CCc1nn(C)cc1C(=O)NC1CCCCNC1. The molecule has 0 aliphatic carbocycles. The lowest BCUT2D eigenvalue weighted by molar-refractivity contribution is 0.0934. The molecule has 2 rings (SSSR count). The largest absolute Gasteiger partial charge is 0.348 e. The number of carbonyl (C=O) groups excluding carboxylic acids is 1. The Hall–Kier alpha value is -1.36. The summed E-state index contributed by atoms with van der Waals surface area (Å²) in [5.74, 6) is 0.00801. The molecule has 1 aliphatic heterocycles. The molecule has 1 amide bonds. The Balaban J connectivity index is 2.01. The first-order valence-electron chi connectivity index (χ1n) is 6.74. The van der Waals surface area contributed by atoms with Crippen LogP contribution in [-0.4, -0.2) is 34.8 Å². The third kappa shape index (κ3) is 3.10. The second kappa shape index (κ2) is 6.00. The fraction of sp³-hybridized carbons (Fsp3) is 0.692. The summed E-state index contributed by atoms with van der Waals surface area (Å²) in [6.45, 7) is 3.94. The second-order valence-electron chi connectivity index (χ2n) is 4.89. The molecular weight excluding hydrogens is 228 g/mol. The summed E-state index contributed by atoms with van der Waals surface area (Å²) in [5, 5.41) is 10.8. The maximum absolute atomic E-state index is 12.2. The molecule has 18 heavy (non-hydrogen) atoms. The van der Waals surface area contributed by atoms with Gasteiger partial charge in [0.05, 0.1) is 11.3 Å². The van der Waals surface area contributed by atoms with Gasteiger partial charge in [-0.25, -0.2) is 0 Å². The Morgan fingerprint density at radius 2 is 2.44 bits per heavy atom. The van der Waals surface area contributed by atoms with E-state index >= 15 is 0 Å². The lowest BCUT2D eigenvalue weighted by Crippen LogP contribution is -2.41. The predicted octanol–water partition coefficient (Wildman–Crippen LogP) is 0.854. The monoisotopic (exact) mass is 250 g/mol. The highest BCUT2D eigenvalue weighted by molar-refractivity contribution is 5.95. The molecule has 1 fully saturated rings. The van der Waals surface area contributed by atoms with Crippen molar-refractivity contribution in [2.24, 2.45) is 7.05 Å². The highest BCUT2D eigenvalue weighted by atomic mass is 16.1. The number of amides is 1. The first-order valence-corrected chi connectivity index (χ1v) is 6.74. The minimum absolute atomic E-state index is 0.00801. The van der Waals surface area contributed by atoms with Crippen LogP contribution in [0.5, 0.6) is 0 Å². The zero-order valence-electron chi connectivity index (χ0n) is 11.2. The van der Waals surface area contributed by atoms with E-state index in [0.717, 1.165) is 31.6 Å². The average molecular weight is 250 g/mol.